The quantitative estimate of drug-likeness (QED) is 0.299. The lowest BCUT2D eigenvalue weighted by Crippen LogP contribution is -2.70. The van der Waals surface area contributed by atoms with E-state index in [0.717, 1.165) is 4.90 Å². The van der Waals surface area contributed by atoms with Gasteiger partial charge in [0.1, 0.15) is 22.8 Å². The van der Waals surface area contributed by atoms with E-state index in [0.29, 0.717) is 5.75 Å². The minimum atomic E-state index is -1.27. The second-order valence-corrected chi connectivity index (χ2v) is 7.13. The van der Waals surface area contributed by atoms with Crippen molar-refractivity contribution in [2.75, 3.05) is 12.4 Å². The van der Waals surface area contributed by atoms with Crippen molar-refractivity contribution in [3.8, 4) is 0 Å². The summed E-state index contributed by atoms with van der Waals surface area (Å²) in [6, 6.07) is -0.936. The molecule has 1 fully saturated rings. The Morgan fingerprint density at radius 3 is 2.81 bits per heavy atom. The summed E-state index contributed by atoms with van der Waals surface area (Å²) >= 11 is 2.50. The molecule has 0 aliphatic carbocycles. The normalized spacial score (nSPS) is 21.6. The van der Waals surface area contributed by atoms with Gasteiger partial charge in [-0.25, -0.2) is 14.6 Å². The van der Waals surface area contributed by atoms with Gasteiger partial charge >= 0.3 is 11.9 Å². The molecular formula is C14H12N4O7S2. The Labute approximate surface area is 159 Å². The van der Waals surface area contributed by atoms with Crippen LogP contribution in [0.4, 0.5) is 0 Å². The highest BCUT2D eigenvalue weighted by atomic mass is 32.2. The summed E-state index contributed by atoms with van der Waals surface area (Å²) in [6.07, 6.45) is 1.43. The van der Waals surface area contributed by atoms with Gasteiger partial charge in [0, 0.05) is 11.1 Å². The molecule has 0 aromatic carbocycles. The molecule has 2 aliphatic rings. The van der Waals surface area contributed by atoms with Crippen LogP contribution in [-0.4, -0.2) is 73.3 Å². The lowest BCUT2D eigenvalue weighted by Gasteiger charge is -2.48. The van der Waals surface area contributed by atoms with Crippen LogP contribution >= 0.6 is 23.1 Å². The van der Waals surface area contributed by atoms with Crippen molar-refractivity contribution in [3.63, 3.8) is 0 Å². The molecule has 2 atom stereocenters. The van der Waals surface area contributed by atoms with Gasteiger partial charge < -0.3 is 20.4 Å². The first-order valence-corrected chi connectivity index (χ1v) is 9.38. The molecule has 3 heterocycles. The van der Waals surface area contributed by atoms with E-state index >= 15 is 0 Å². The first-order valence-electron chi connectivity index (χ1n) is 7.39. The highest BCUT2D eigenvalue weighted by Gasteiger charge is 2.53. The summed E-state index contributed by atoms with van der Waals surface area (Å²) in [5.74, 6) is -3.44. The molecule has 0 bridgehead atoms. The fourth-order valence-electron chi connectivity index (χ4n) is 2.43. The summed E-state index contributed by atoms with van der Waals surface area (Å²) in [5, 5.41) is 24.7. The Morgan fingerprint density at radius 1 is 1.41 bits per heavy atom. The molecule has 0 radical (unpaired) electrons. The third-order valence-corrected chi connectivity index (χ3v) is 5.36. The topological polar surface area (TPSA) is 158 Å². The summed E-state index contributed by atoms with van der Waals surface area (Å²) in [5.41, 5.74) is 1.21. The molecule has 13 heteroatoms. The molecule has 2 amide bonds. The van der Waals surface area contributed by atoms with E-state index in [-0.39, 0.29) is 17.1 Å². The largest absolute Gasteiger partial charge is 0.479 e. The number of aliphatic carboxylic acids is 2. The second-order valence-electron chi connectivity index (χ2n) is 5.26. The minimum Gasteiger partial charge on any atom is -0.479 e. The van der Waals surface area contributed by atoms with Crippen LogP contribution in [-0.2, 0) is 24.0 Å². The molecule has 3 N–H and O–H groups in total. The lowest BCUT2D eigenvalue weighted by molar-refractivity contribution is -0.150. The smallest absolute Gasteiger partial charge is 0.352 e. The maximum absolute atomic E-state index is 12.5. The Morgan fingerprint density at radius 2 is 2.19 bits per heavy atom. The number of β-lactam (4-membered cyclic amide) rings is 1. The van der Waals surface area contributed by atoms with Crippen molar-refractivity contribution in [3.05, 3.63) is 28.4 Å². The van der Waals surface area contributed by atoms with Gasteiger partial charge in [-0.05, 0) is 6.08 Å². The van der Waals surface area contributed by atoms with Gasteiger partial charge in [-0.3, -0.25) is 14.5 Å². The fraction of sp³-hybridized carbons (Fsp3) is 0.286. The number of aromatic nitrogens is 1. The van der Waals surface area contributed by atoms with Gasteiger partial charge in [-0.2, -0.15) is 0 Å². The van der Waals surface area contributed by atoms with Crippen molar-refractivity contribution in [1.29, 1.82) is 0 Å². The molecular weight excluding hydrogens is 400 g/mol. The molecule has 1 saturated heterocycles. The number of fused-ring (bicyclic) bond motifs is 1. The van der Waals surface area contributed by atoms with Gasteiger partial charge in [0.2, 0.25) is 6.61 Å². The Bertz CT molecular complexity index is 852. The molecule has 1 aromatic heterocycles. The maximum atomic E-state index is 12.5. The second kappa shape index (κ2) is 7.75. The molecule has 11 nitrogen and oxygen atoms in total. The van der Waals surface area contributed by atoms with Crippen LogP contribution in [0.25, 0.3) is 0 Å². The molecule has 1 aromatic rings. The number of carboxylic acids is 2. The number of hydrogen-bond acceptors (Lipinski definition) is 9. The molecule has 0 saturated carbocycles. The van der Waals surface area contributed by atoms with Crippen molar-refractivity contribution in [1.82, 2.24) is 15.2 Å². The van der Waals surface area contributed by atoms with E-state index in [1.54, 1.807) is 0 Å². The van der Waals surface area contributed by atoms with E-state index in [4.69, 9.17) is 10.2 Å². The van der Waals surface area contributed by atoms with Crippen LogP contribution in [0.2, 0.25) is 0 Å². The molecule has 142 valence electrons. The summed E-state index contributed by atoms with van der Waals surface area (Å²) in [4.78, 5) is 56.2. The molecule has 2 aliphatic heterocycles. The van der Waals surface area contributed by atoms with Gasteiger partial charge in [0.25, 0.3) is 11.8 Å². The van der Waals surface area contributed by atoms with E-state index in [1.807, 2.05) is 0 Å². The van der Waals surface area contributed by atoms with Crippen LogP contribution < -0.4 is 5.32 Å². The number of rotatable bonds is 7. The number of thioether (sulfide) groups is 1. The van der Waals surface area contributed by atoms with E-state index < -0.39 is 41.8 Å². The number of amides is 2. The van der Waals surface area contributed by atoms with Gasteiger partial charge in [0.05, 0.1) is 5.51 Å². The standard InChI is InChI=1S/C14H12N4O7S2/c19-8(20)3-25-17-9(6-4-26-5-15-6)11(21)16-10-12(22)18-7(14(23)24)1-2-27-13(10)18/h1,4-5,10,13H,2-3H2,(H,16,21)(H,19,20)(H,23,24)/b17-9-/t10?,13-/m1/s1. The van der Waals surface area contributed by atoms with Gasteiger partial charge in [0.15, 0.2) is 5.71 Å². The van der Waals surface area contributed by atoms with Crippen LogP contribution in [0.15, 0.2) is 27.8 Å². The highest BCUT2D eigenvalue weighted by Crippen LogP contribution is 2.37. The van der Waals surface area contributed by atoms with Gasteiger partial charge in [-0.1, -0.05) is 5.16 Å². The van der Waals surface area contributed by atoms with Crippen molar-refractivity contribution >= 4 is 52.6 Å². The van der Waals surface area contributed by atoms with E-state index in [2.05, 4.69) is 20.3 Å². The number of nitrogens with zero attached hydrogens (tertiary/aromatic N) is 3. The Balaban J connectivity index is 1.73. The van der Waals surface area contributed by atoms with Crippen molar-refractivity contribution < 1.29 is 34.2 Å². The van der Waals surface area contributed by atoms with Crippen molar-refractivity contribution in [2.24, 2.45) is 5.16 Å². The average Bonchev–Trinajstić information content (AvgIpc) is 3.16. The lowest BCUT2D eigenvalue weighted by atomic mass is 10.0. The number of carboxylic acid groups (broad SMARTS) is 2. The number of hydrogen-bond donors (Lipinski definition) is 3. The zero-order chi connectivity index (χ0) is 19.6. The number of oxime groups is 1. The first kappa shape index (κ1) is 18.8. The SMILES string of the molecule is O=C(O)CO/N=C(\C(=O)NC1C(=O)N2C(C(=O)O)=CCS[C@H]12)c1cscn1. The van der Waals surface area contributed by atoms with Gasteiger partial charge in [-0.15, -0.1) is 23.1 Å². The Kier molecular flexibility index (Phi) is 5.41. The third-order valence-electron chi connectivity index (χ3n) is 3.59. The zero-order valence-corrected chi connectivity index (χ0v) is 15.0. The summed E-state index contributed by atoms with van der Waals surface area (Å²) in [6.45, 7) is -0.748. The maximum Gasteiger partial charge on any atom is 0.352 e. The molecule has 3 rings (SSSR count). The fourth-order valence-corrected chi connectivity index (χ4v) is 4.17. The predicted molar refractivity (Wildman–Crippen MR) is 93.0 cm³/mol. The van der Waals surface area contributed by atoms with Crippen LogP contribution in [0, 0.1) is 0 Å². The highest BCUT2D eigenvalue weighted by molar-refractivity contribution is 8.00. The van der Waals surface area contributed by atoms with Crippen LogP contribution in [0.5, 0.6) is 0 Å². The minimum absolute atomic E-state index is 0.118. The first-order chi connectivity index (χ1) is 12.9. The van der Waals surface area contributed by atoms with Crippen LogP contribution in [0.3, 0.4) is 0 Å². The summed E-state index contributed by atoms with van der Waals surface area (Å²) in [7, 11) is 0. The zero-order valence-electron chi connectivity index (χ0n) is 13.4. The van der Waals surface area contributed by atoms with E-state index in [1.165, 1.54) is 40.1 Å². The number of thiazole rings is 1. The number of carbonyl (C=O) groups excluding carboxylic acids is 2. The summed E-state index contributed by atoms with van der Waals surface area (Å²) < 4.78 is 0. The molecule has 1 unspecified atom stereocenters. The predicted octanol–water partition coefficient (Wildman–Crippen LogP) is -0.683. The third kappa shape index (κ3) is 3.78. The van der Waals surface area contributed by atoms with Crippen molar-refractivity contribution in [2.45, 2.75) is 11.4 Å². The monoisotopic (exact) mass is 412 g/mol. The van der Waals surface area contributed by atoms with Crippen LogP contribution in [0.1, 0.15) is 5.69 Å². The van der Waals surface area contributed by atoms with E-state index in [9.17, 15) is 19.2 Å². The average molecular weight is 412 g/mol. The number of nitrogens with one attached hydrogen (secondary N) is 1. The molecule has 0 spiro atoms. The number of carbonyl (C=O) groups is 4. The Hall–Kier alpha value is -2.93. The molecule has 27 heavy (non-hydrogen) atoms.